The molecule has 1 aromatic heterocycles. The molecule has 1 heterocycles. The number of rotatable bonds is 9. The normalized spacial score (nSPS) is 12.3. The van der Waals surface area contributed by atoms with Crippen LogP contribution in [0.3, 0.4) is 0 Å². The Morgan fingerprint density at radius 3 is 2.53 bits per heavy atom. The van der Waals surface area contributed by atoms with Crippen molar-refractivity contribution in [2.24, 2.45) is 0 Å². The number of aryl methyl sites for hydroxylation is 1. The summed E-state index contributed by atoms with van der Waals surface area (Å²) in [4.78, 5) is 15.5. The lowest BCUT2D eigenvalue weighted by Crippen LogP contribution is -2.17. The Balaban J connectivity index is 2.14. The second-order valence-corrected chi connectivity index (χ2v) is 7.77. The molecule has 0 spiro atoms. The monoisotopic (exact) mass is 478 g/mol. The van der Waals surface area contributed by atoms with Gasteiger partial charge in [-0.15, -0.1) is 0 Å². The van der Waals surface area contributed by atoms with Crippen molar-refractivity contribution in [1.82, 2.24) is 4.98 Å². The van der Waals surface area contributed by atoms with Crippen LogP contribution in [0, 0.1) is 6.92 Å². The van der Waals surface area contributed by atoms with E-state index in [-0.39, 0.29) is 29.7 Å². The number of benzene rings is 2. The van der Waals surface area contributed by atoms with E-state index < -0.39 is 17.7 Å². The number of aromatic nitrogens is 1. The maximum atomic E-state index is 13.2. The summed E-state index contributed by atoms with van der Waals surface area (Å²) in [5, 5.41) is 12.7. The Morgan fingerprint density at radius 2 is 1.91 bits per heavy atom. The summed E-state index contributed by atoms with van der Waals surface area (Å²) < 4.78 is 56.3. The first-order valence-corrected chi connectivity index (χ1v) is 10.4. The van der Waals surface area contributed by atoms with E-state index in [4.69, 9.17) is 19.3 Å². The lowest BCUT2D eigenvalue weighted by molar-refractivity contribution is -0.138. The summed E-state index contributed by atoms with van der Waals surface area (Å²) in [7, 11) is 2.89. The molecule has 182 valence electrons. The number of halogens is 3. The fourth-order valence-electron chi connectivity index (χ4n) is 3.51. The number of ether oxygens (including phenoxy) is 3. The number of nitrogens with zero attached hydrogens (tertiary/aromatic N) is 1. The molecular formula is C24H25F3N2O5. The molecule has 1 atom stereocenters. The highest BCUT2D eigenvalue weighted by Gasteiger charge is 2.31. The highest BCUT2D eigenvalue weighted by atomic mass is 19.4. The Kier molecular flexibility index (Phi) is 7.38. The van der Waals surface area contributed by atoms with Gasteiger partial charge in [-0.25, -0.2) is 4.98 Å². The molecule has 0 bridgehead atoms. The Morgan fingerprint density at radius 1 is 1.18 bits per heavy atom. The van der Waals surface area contributed by atoms with Crippen LogP contribution in [-0.2, 0) is 11.0 Å². The quantitative estimate of drug-likeness (QED) is 0.388. The Labute approximate surface area is 194 Å². The Bertz CT molecular complexity index is 1200. The first-order chi connectivity index (χ1) is 16.0. The van der Waals surface area contributed by atoms with Crippen molar-refractivity contribution in [2.75, 3.05) is 19.5 Å². The fraction of sp³-hybridized carbons (Fsp3) is 0.333. The number of pyridine rings is 1. The van der Waals surface area contributed by atoms with Gasteiger partial charge in [-0.2, -0.15) is 13.2 Å². The van der Waals surface area contributed by atoms with Gasteiger partial charge < -0.3 is 24.6 Å². The molecule has 2 aromatic carbocycles. The topological polar surface area (TPSA) is 89.9 Å². The number of aliphatic carboxylic acids is 1. The van der Waals surface area contributed by atoms with Crippen LogP contribution in [0.25, 0.3) is 10.9 Å². The summed E-state index contributed by atoms with van der Waals surface area (Å²) in [6.45, 7) is 3.63. The molecular weight excluding hydrogens is 453 g/mol. The van der Waals surface area contributed by atoms with Crippen LogP contribution in [0.1, 0.15) is 30.9 Å². The molecule has 3 aromatic rings. The lowest BCUT2D eigenvalue weighted by Gasteiger charge is -2.21. The van der Waals surface area contributed by atoms with Gasteiger partial charge in [0.15, 0.2) is 11.5 Å². The SMILES string of the molecule is COc1cc(C)c2c(Oc3cccc(C(F)(F)F)c3)c(OC)cc(NC(C)CCC(=O)O)c2n1. The zero-order chi connectivity index (χ0) is 25.0. The largest absolute Gasteiger partial charge is 0.493 e. The van der Waals surface area contributed by atoms with E-state index in [1.54, 1.807) is 19.1 Å². The minimum atomic E-state index is -4.52. The van der Waals surface area contributed by atoms with Crippen molar-refractivity contribution >= 4 is 22.6 Å². The maximum absolute atomic E-state index is 13.2. The number of carboxylic acids is 1. The highest BCUT2D eigenvalue weighted by molar-refractivity contribution is 6.00. The van der Waals surface area contributed by atoms with Crippen LogP contribution in [0.2, 0.25) is 0 Å². The van der Waals surface area contributed by atoms with Crippen molar-refractivity contribution in [3.05, 3.63) is 47.5 Å². The summed E-state index contributed by atoms with van der Waals surface area (Å²) in [5.74, 6) is -0.112. The molecule has 0 fully saturated rings. The molecule has 10 heteroatoms. The smallest absolute Gasteiger partial charge is 0.416 e. The molecule has 0 radical (unpaired) electrons. The molecule has 7 nitrogen and oxygen atoms in total. The van der Waals surface area contributed by atoms with Crippen molar-refractivity contribution < 1.29 is 37.3 Å². The van der Waals surface area contributed by atoms with Crippen molar-refractivity contribution in [3.63, 3.8) is 0 Å². The molecule has 2 N–H and O–H groups in total. The molecule has 0 amide bonds. The van der Waals surface area contributed by atoms with Crippen LogP contribution in [0.15, 0.2) is 36.4 Å². The van der Waals surface area contributed by atoms with Gasteiger partial charge in [-0.05, 0) is 44.0 Å². The summed E-state index contributed by atoms with van der Waals surface area (Å²) >= 11 is 0. The summed E-state index contributed by atoms with van der Waals surface area (Å²) in [5.41, 5.74) is 0.851. The van der Waals surface area contributed by atoms with Gasteiger partial charge in [-0.3, -0.25) is 4.79 Å². The van der Waals surface area contributed by atoms with Crippen LogP contribution < -0.4 is 19.5 Å². The Hall–Kier alpha value is -3.69. The van der Waals surface area contributed by atoms with Gasteiger partial charge in [0.25, 0.3) is 0 Å². The number of methoxy groups -OCH3 is 2. The van der Waals surface area contributed by atoms with E-state index in [1.807, 2.05) is 6.92 Å². The standard InChI is InChI=1S/C24H25F3N2O5/c1-13-10-19(33-4)29-22-17(28-14(2)8-9-20(30)31)12-18(32-3)23(21(13)22)34-16-7-5-6-15(11-16)24(25,26)27/h5-7,10-12,14,28H,8-9H2,1-4H3,(H,30,31). The molecule has 0 saturated carbocycles. The molecule has 1 unspecified atom stereocenters. The summed E-state index contributed by atoms with van der Waals surface area (Å²) in [6, 6.07) is 7.65. The second-order valence-electron chi connectivity index (χ2n) is 7.77. The summed E-state index contributed by atoms with van der Waals surface area (Å²) in [6.07, 6.45) is -4.17. The molecule has 3 rings (SSSR count). The van der Waals surface area contributed by atoms with E-state index in [2.05, 4.69) is 10.3 Å². The molecule has 0 aliphatic heterocycles. The van der Waals surface area contributed by atoms with Crippen molar-refractivity contribution in [2.45, 2.75) is 38.9 Å². The number of nitrogens with one attached hydrogen (secondary N) is 1. The first kappa shape index (κ1) is 24.9. The van der Waals surface area contributed by atoms with E-state index in [0.717, 1.165) is 12.1 Å². The van der Waals surface area contributed by atoms with Gasteiger partial charge in [-0.1, -0.05) is 6.07 Å². The van der Waals surface area contributed by atoms with Crippen LogP contribution in [0.4, 0.5) is 18.9 Å². The fourth-order valence-corrected chi connectivity index (χ4v) is 3.51. The molecule has 0 aliphatic carbocycles. The lowest BCUT2D eigenvalue weighted by atomic mass is 10.1. The average Bonchev–Trinajstić information content (AvgIpc) is 2.78. The number of fused-ring (bicyclic) bond motifs is 1. The van der Waals surface area contributed by atoms with Gasteiger partial charge in [0.2, 0.25) is 5.88 Å². The predicted octanol–water partition coefficient (Wildman–Crippen LogP) is 6.04. The van der Waals surface area contributed by atoms with Crippen molar-refractivity contribution in [3.8, 4) is 23.1 Å². The number of hydrogen-bond acceptors (Lipinski definition) is 6. The molecule has 0 saturated heterocycles. The van der Waals surface area contributed by atoms with Gasteiger partial charge >= 0.3 is 12.1 Å². The predicted molar refractivity (Wildman–Crippen MR) is 121 cm³/mol. The second kappa shape index (κ2) is 10.1. The van der Waals surface area contributed by atoms with E-state index in [0.29, 0.717) is 34.5 Å². The van der Waals surface area contributed by atoms with Crippen LogP contribution in [0.5, 0.6) is 23.1 Å². The molecule has 0 aliphatic rings. The third kappa shape index (κ3) is 5.62. The zero-order valence-corrected chi connectivity index (χ0v) is 19.1. The maximum Gasteiger partial charge on any atom is 0.416 e. The van der Waals surface area contributed by atoms with Crippen molar-refractivity contribution in [1.29, 1.82) is 0 Å². The average molecular weight is 478 g/mol. The zero-order valence-electron chi connectivity index (χ0n) is 19.1. The highest BCUT2D eigenvalue weighted by Crippen LogP contribution is 2.45. The number of alkyl halides is 3. The molecule has 34 heavy (non-hydrogen) atoms. The van der Waals surface area contributed by atoms with E-state index in [1.165, 1.54) is 26.4 Å². The number of carboxylic acid groups (broad SMARTS) is 1. The van der Waals surface area contributed by atoms with Gasteiger partial charge in [0.1, 0.15) is 11.3 Å². The minimum absolute atomic E-state index is 0.0137. The van der Waals surface area contributed by atoms with E-state index >= 15 is 0 Å². The minimum Gasteiger partial charge on any atom is -0.493 e. The number of anilines is 1. The third-order valence-corrected chi connectivity index (χ3v) is 5.18. The number of carbonyl (C=O) groups is 1. The van der Waals surface area contributed by atoms with Gasteiger partial charge in [0.05, 0.1) is 30.9 Å². The first-order valence-electron chi connectivity index (χ1n) is 10.4. The van der Waals surface area contributed by atoms with Crippen LogP contribution in [-0.4, -0.2) is 36.3 Å². The number of hydrogen-bond donors (Lipinski definition) is 2. The van der Waals surface area contributed by atoms with Crippen LogP contribution >= 0.6 is 0 Å². The third-order valence-electron chi connectivity index (χ3n) is 5.18. The van der Waals surface area contributed by atoms with E-state index in [9.17, 15) is 18.0 Å². The van der Waals surface area contributed by atoms with Gasteiger partial charge in [0, 0.05) is 24.6 Å².